The molecular weight excluding hydrogens is 351 g/mol. The van der Waals surface area contributed by atoms with Gasteiger partial charge in [-0.25, -0.2) is 4.79 Å². The molecule has 1 N–H and O–H groups in total. The summed E-state index contributed by atoms with van der Waals surface area (Å²) in [5.41, 5.74) is 2.02. The molecule has 0 aliphatic carbocycles. The van der Waals surface area contributed by atoms with Crippen LogP contribution in [0.1, 0.15) is 19.5 Å². The molecule has 1 heterocycles. The molecule has 0 bridgehead atoms. The lowest BCUT2D eigenvalue weighted by atomic mass is 10.1. The van der Waals surface area contributed by atoms with Crippen LogP contribution in [0.25, 0.3) is 11.3 Å². The Labute approximate surface area is 150 Å². The Balaban J connectivity index is 2.43. The highest BCUT2D eigenvalue weighted by Gasteiger charge is 2.11. The van der Waals surface area contributed by atoms with E-state index in [0.717, 1.165) is 5.56 Å². The van der Waals surface area contributed by atoms with Gasteiger partial charge in [-0.3, -0.25) is 4.79 Å². The van der Waals surface area contributed by atoms with E-state index in [0.29, 0.717) is 28.0 Å². The molecule has 0 spiro atoms. The van der Waals surface area contributed by atoms with E-state index < -0.39 is 6.09 Å². The molecule has 1 amide bonds. The molecule has 0 aliphatic rings. The number of rotatable bonds is 5. The summed E-state index contributed by atoms with van der Waals surface area (Å²) in [6.07, 6.45) is -0.521. The third-order valence-corrected chi connectivity index (χ3v) is 4.19. The number of alkyl carbamates (subject to hydrolysis) is 1. The van der Waals surface area contributed by atoms with Gasteiger partial charge in [0.05, 0.1) is 28.9 Å². The van der Waals surface area contributed by atoms with Crippen molar-refractivity contribution < 1.29 is 9.53 Å². The quantitative estimate of drug-likeness (QED) is 0.864. The molecule has 0 atom stereocenters. The topological polar surface area (TPSA) is 60.3 Å². The van der Waals surface area contributed by atoms with Gasteiger partial charge in [0.2, 0.25) is 0 Å². The summed E-state index contributed by atoms with van der Waals surface area (Å²) in [7, 11) is 0. The second kappa shape index (κ2) is 8.22. The minimum Gasteiger partial charge on any atom is -0.450 e. The lowest BCUT2D eigenvalue weighted by molar-refractivity contribution is 0.151. The third kappa shape index (κ3) is 4.30. The second-order valence-corrected chi connectivity index (χ2v) is 5.83. The number of benzene rings is 1. The van der Waals surface area contributed by atoms with Crippen molar-refractivity contribution >= 4 is 29.3 Å². The normalized spacial score (nSPS) is 10.5. The van der Waals surface area contributed by atoms with Gasteiger partial charge in [0.15, 0.2) is 5.43 Å². The van der Waals surface area contributed by atoms with E-state index in [1.807, 2.05) is 11.5 Å². The largest absolute Gasteiger partial charge is 0.450 e. The first-order valence-electron chi connectivity index (χ1n) is 7.56. The molecule has 7 heteroatoms. The van der Waals surface area contributed by atoms with E-state index in [1.54, 1.807) is 25.1 Å². The smallest absolute Gasteiger partial charge is 0.407 e. The molecule has 0 radical (unpaired) electrons. The van der Waals surface area contributed by atoms with Crippen LogP contribution in [0.5, 0.6) is 0 Å². The Morgan fingerprint density at radius 1 is 1.17 bits per heavy atom. The van der Waals surface area contributed by atoms with E-state index in [-0.39, 0.29) is 18.6 Å². The number of carbonyl (C=O) groups excluding carboxylic acids is 1. The fourth-order valence-electron chi connectivity index (χ4n) is 2.41. The van der Waals surface area contributed by atoms with Crippen LogP contribution in [-0.2, 0) is 17.8 Å². The number of nitrogens with one attached hydrogen (secondary N) is 1. The summed E-state index contributed by atoms with van der Waals surface area (Å²) >= 11 is 12.0. The third-order valence-electron chi connectivity index (χ3n) is 3.45. The first kappa shape index (κ1) is 18.4. The second-order valence-electron chi connectivity index (χ2n) is 5.01. The Bertz CT molecular complexity index is 803. The van der Waals surface area contributed by atoms with Gasteiger partial charge in [-0.1, -0.05) is 29.3 Å². The number of halogens is 2. The van der Waals surface area contributed by atoms with Crippen molar-refractivity contribution in [2.45, 2.75) is 26.9 Å². The molecule has 0 fully saturated rings. The van der Waals surface area contributed by atoms with Gasteiger partial charge in [0, 0.05) is 24.4 Å². The zero-order chi connectivity index (χ0) is 17.7. The average Bonchev–Trinajstić information content (AvgIpc) is 2.55. The van der Waals surface area contributed by atoms with Crippen LogP contribution in [0, 0.1) is 0 Å². The SMILES string of the molecule is CCOC(=O)NCc1cc(=O)cc(-c2ccc(Cl)c(Cl)c2)n1CC. The lowest BCUT2D eigenvalue weighted by Gasteiger charge is -2.18. The van der Waals surface area contributed by atoms with Gasteiger partial charge < -0.3 is 14.6 Å². The Hall–Kier alpha value is -1.98. The van der Waals surface area contributed by atoms with Crippen LogP contribution in [0.3, 0.4) is 0 Å². The van der Waals surface area contributed by atoms with Crippen LogP contribution >= 0.6 is 23.2 Å². The Morgan fingerprint density at radius 2 is 1.92 bits per heavy atom. The minimum atomic E-state index is -0.521. The number of ether oxygens (including phenoxy) is 1. The average molecular weight is 369 g/mol. The fraction of sp³-hybridized carbons (Fsp3) is 0.294. The van der Waals surface area contributed by atoms with Crippen molar-refractivity contribution in [3.8, 4) is 11.3 Å². The number of aromatic nitrogens is 1. The molecule has 1 aromatic carbocycles. The molecule has 1 aromatic heterocycles. The first-order chi connectivity index (χ1) is 11.5. The predicted octanol–water partition coefficient (Wildman–Crippen LogP) is 4.09. The summed E-state index contributed by atoms with van der Waals surface area (Å²) in [6.45, 7) is 4.79. The van der Waals surface area contributed by atoms with Gasteiger partial charge in [0.1, 0.15) is 0 Å². The number of nitrogens with zero attached hydrogens (tertiary/aromatic N) is 1. The summed E-state index contributed by atoms with van der Waals surface area (Å²) < 4.78 is 6.78. The van der Waals surface area contributed by atoms with Crippen molar-refractivity contribution in [3.05, 3.63) is 56.3 Å². The van der Waals surface area contributed by atoms with Gasteiger partial charge in [-0.05, 0) is 31.5 Å². The molecule has 5 nitrogen and oxygen atoms in total. The zero-order valence-corrected chi connectivity index (χ0v) is 14.9. The molecule has 24 heavy (non-hydrogen) atoms. The first-order valence-corrected chi connectivity index (χ1v) is 8.31. The number of hydrogen-bond donors (Lipinski definition) is 1. The van der Waals surface area contributed by atoms with Crippen molar-refractivity contribution in [1.29, 1.82) is 0 Å². The number of carbonyl (C=O) groups is 1. The number of amides is 1. The zero-order valence-electron chi connectivity index (χ0n) is 13.4. The standard InChI is InChI=1S/C17H18Cl2N2O3/c1-3-21-12(10-20-17(23)24-4-2)8-13(22)9-16(21)11-5-6-14(18)15(19)7-11/h5-9H,3-4,10H2,1-2H3,(H,20,23). The van der Waals surface area contributed by atoms with E-state index >= 15 is 0 Å². The van der Waals surface area contributed by atoms with E-state index in [9.17, 15) is 9.59 Å². The van der Waals surface area contributed by atoms with Crippen molar-refractivity contribution in [2.75, 3.05) is 6.61 Å². The van der Waals surface area contributed by atoms with Gasteiger partial charge in [-0.2, -0.15) is 0 Å². The Morgan fingerprint density at radius 3 is 2.54 bits per heavy atom. The highest BCUT2D eigenvalue weighted by molar-refractivity contribution is 6.42. The summed E-state index contributed by atoms with van der Waals surface area (Å²) in [5.74, 6) is 0. The predicted molar refractivity (Wildman–Crippen MR) is 95.7 cm³/mol. The highest BCUT2D eigenvalue weighted by Crippen LogP contribution is 2.28. The Kier molecular flexibility index (Phi) is 6.29. The maximum atomic E-state index is 12.1. The molecule has 0 unspecified atom stereocenters. The van der Waals surface area contributed by atoms with E-state index in [4.69, 9.17) is 27.9 Å². The molecule has 2 aromatic rings. The monoisotopic (exact) mass is 368 g/mol. The maximum absolute atomic E-state index is 12.1. The summed E-state index contributed by atoms with van der Waals surface area (Å²) in [4.78, 5) is 23.5. The van der Waals surface area contributed by atoms with Crippen LogP contribution in [0.2, 0.25) is 10.0 Å². The van der Waals surface area contributed by atoms with Crippen LogP contribution in [0.4, 0.5) is 4.79 Å². The molecule has 0 aliphatic heterocycles. The molecule has 0 saturated heterocycles. The lowest BCUT2D eigenvalue weighted by Crippen LogP contribution is -2.27. The van der Waals surface area contributed by atoms with Crippen molar-refractivity contribution in [2.24, 2.45) is 0 Å². The van der Waals surface area contributed by atoms with Gasteiger partial charge >= 0.3 is 6.09 Å². The van der Waals surface area contributed by atoms with Gasteiger partial charge in [-0.15, -0.1) is 0 Å². The van der Waals surface area contributed by atoms with Crippen LogP contribution < -0.4 is 10.7 Å². The van der Waals surface area contributed by atoms with Crippen LogP contribution in [0.15, 0.2) is 35.1 Å². The van der Waals surface area contributed by atoms with Crippen molar-refractivity contribution in [3.63, 3.8) is 0 Å². The number of pyridine rings is 1. The molecule has 2 rings (SSSR count). The molecular formula is C17H18Cl2N2O3. The number of hydrogen-bond acceptors (Lipinski definition) is 3. The molecule has 128 valence electrons. The maximum Gasteiger partial charge on any atom is 0.407 e. The summed E-state index contributed by atoms with van der Waals surface area (Å²) in [5, 5.41) is 3.50. The van der Waals surface area contributed by atoms with Crippen molar-refractivity contribution in [1.82, 2.24) is 9.88 Å². The fourth-order valence-corrected chi connectivity index (χ4v) is 2.71. The van der Waals surface area contributed by atoms with Crippen LogP contribution in [-0.4, -0.2) is 17.3 Å². The molecule has 0 saturated carbocycles. The van der Waals surface area contributed by atoms with E-state index in [2.05, 4.69) is 5.32 Å². The summed E-state index contributed by atoms with van der Waals surface area (Å²) in [6, 6.07) is 8.24. The highest BCUT2D eigenvalue weighted by atomic mass is 35.5. The van der Waals surface area contributed by atoms with E-state index in [1.165, 1.54) is 12.1 Å². The van der Waals surface area contributed by atoms with Gasteiger partial charge in [0.25, 0.3) is 0 Å². The minimum absolute atomic E-state index is 0.151.